The lowest BCUT2D eigenvalue weighted by Crippen LogP contribution is -2.61. The van der Waals surface area contributed by atoms with Crippen LogP contribution in [0.15, 0.2) is 51.0 Å². The van der Waals surface area contributed by atoms with Crippen LogP contribution in [0.25, 0.3) is 0 Å². The highest BCUT2D eigenvalue weighted by atomic mass is 32.2. The van der Waals surface area contributed by atoms with E-state index in [0.717, 1.165) is 16.1 Å². The van der Waals surface area contributed by atoms with E-state index in [1.54, 1.807) is 0 Å². The fourth-order valence-corrected chi connectivity index (χ4v) is 3.91. The number of H-pyrrole nitrogens is 2. The topological polar surface area (TPSA) is 141 Å². The summed E-state index contributed by atoms with van der Waals surface area (Å²) < 4.78 is 30.7. The number of benzene rings is 1. The maximum Gasteiger partial charge on any atom is 0.407 e. The van der Waals surface area contributed by atoms with Crippen molar-refractivity contribution in [2.45, 2.75) is 17.5 Å². The Balaban J connectivity index is 1.52. The van der Waals surface area contributed by atoms with E-state index in [2.05, 4.69) is 10.3 Å². The molecule has 0 unspecified atom stereocenters. The van der Waals surface area contributed by atoms with Crippen LogP contribution < -0.4 is 16.6 Å². The highest BCUT2D eigenvalue weighted by Crippen LogP contribution is 2.18. The number of sulfonamides is 1. The third kappa shape index (κ3) is 3.83. The van der Waals surface area contributed by atoms with E-state index in [4.69, 9.17) is 4.74 Å². The number of carbonyl (C=O) groups is 1. The molecule has 0 spiro atoms. The summed E-state index contributed by atoms with van der Waals surface area (Å²) in [6.07, 6.45) is 0.198. The monoisotopic (exact) mass is 380 g/mol. The Kier molecular flexibility index (Phi) is 4.91. The van der Waals surface area contributed by atoms with Crippen molar-refractivity contribution in [3.8, 4) is 0 Å². The van der Waals surface area contributed by atoms with Crippen molar-refractivity contribution < 1.29 is 17.9 Å². The molecule has 11 heteroatoms. The van der Waals surface area contributed by atoms with Gasteiger partial charge in [-0.1, -0.05) is 30.3 Å². The third-order valence-electron chi connectivity index (χ3n) is 3.79. The van der Waals surface area contributed by atoms with Gasteiger partial charge in [0.05, 0.1) is 6.04 Å². The zero-order valence-corrected chi connectivity index (χ0v) is 14.3. The molecule has 0 bridgehead atoms. The SMILES string of the molecule is O=C(NC1CN(S(=O)(=O)c2c[nH]c(=O)[nH]c2=O)C1)OCc1ccccc1. The number of nitrogens with one attached hydrogen (secondary N) is 3. The van der Waals surface area contributed by atoms with Crippen molar-refractivity contribution in [3.05, 3.63) is 62.9 Å². The van der Waals surface area contributed by atoms with Crippen molar-refractivity contribution in [1.29, 1.82) is 0 Å². The number of amides is 1. The molecule has 1 aliphatic heterocycles. The average molecular weight is 380 g/mol. The van der Waals surface area contributed by atoms with E-state index in [9.17, 15) is 22.8 Å². The lowest BCUT2D eigenvalue weighted by Gasteiger charge is -2.37. The van der Waals surface area contributed by atoms with E-state index in [-0.39, 0.29) is 19.7 Å². The molecule has 1 aromatic carbocycles. The Morgan fingerprint density at radius 2 is 1.92 bits per heavy atom. The Morgan fingerprint density at radius 3 is 2.58 bits per heavy atom. The van der Waals surface area contributed by atoms with Gasteiger partial charge in [0.25, 0.3) is 5.56 Å². The highest BCUT2D eigenvalue weighted by molar-refractivity contribution is 7.89. The van der Waals surface area contributed by atoms with Gasteiger partial charge in [-0.3, -0.25) is 9.78 Å². The van der Waals surface area contributed by atoms with E-state index in [1.807, 2.05) is 35.3 Å². The standard InChI is InChI=1S/C15H16N4O6S/c20-13-12(6-16-14(21)18-13)26(23,24)19-7-11(8-19)17-15(22)25-9-10-4-2-1-3-5-10/h1-6,11H,7-9H2,(H,17,22)(H2,16,18,20,21). The normalized spacial score (nSPS) is 15.2. The Hall–Kier alpha value is -2.92. The number of hydrogen-bond donors (Lipinski definition) is 3. The van der Waals surface area contributed by atoms with E-state index in [0.29, 0.717) is 0 Å². The van der Waals surface area contributed by atoms with Gasteiger partial charge < -0.3 is 15.0 Å². The minimum Gasteiger partial charge on any atom is -0.445 e. The number of aromatic nitrogens is 2. The molecule has 0 saturated carbocycles. The van der Waals surface area contributed by atoms with Crippen molar-refractivity contribution in [2.24, 2.45) is 0 Å². The highest BCUT2D eigenvalue weighted by Gasteiger charge is 2.39. The summed E-state index contributed by atoms with van der Waals surface area (Å²) in [7, 11) is -4.05. The van der Waals surface area contributed by atoms with Gasteiger partial charge in [0.15, 0.2) is 4.90 Å². The first-order chi connectivity index (χ1) is 12.4. The van der Waals surface area contributed by atoms with Crippen molar-refractivity contribution in [1.82, 2.24) is 19.6 Å². The molecule has 2 aromatic rings. The van der Waals surface area contributed by atoms with Gasteiger partial charge in [0.2, 0.25) is 10.0 Å². The van der Waals surface area contributed by atoms with Crippen LogP contribution in [-0.2, 0) is 21.4 Å². The van der Waals surface area contributed by atoms with E-state index >= 15 is 0 Å². The Morgan fingerprint density at radius 1 is 1.23 bits per heavy atom. The minimum atomic E-state index is -4.05. The molecule has 1 saturated heterocycles. The van der Waals surface area contributed by atoms with Crippen LogP contribution in [0.2, 0.25) is 0 Å². The van der Waals surface area contributed by atoms with Crippen LogP contribution in [0.5, 0.6) is 0 Å². The summed E-state index contributed by atoms with van der Waals surface area (Å²) in [6, 6.07) is 8.70. The number of nitrogens with zero attached hydrogens (tertiary/aromatic N) is 1. The van der Waals surface area contributed by atoms with Gasteiger partial charge in [-0.2, -0.15) is 4.31 Å². The molecule has 2 heterocycles. The van der Waals surface area contributed by atoms with Crippen molar-refractivity contribution >= 4 is 16.1 Å². The molecule has 10 nitrogen and oxygen atoms in total. The average Bonchev–Trinajstić information content (AvgIpc) is 2.56. The second-order valence-corrected chi connectivity index (χ2v) is 7.57. The predicted molar refractivity (Wildman–Crippen MR) is 90.0 cm³/mol. The van der Waals surface area contributed by atoms with Crippen LogP contribution in [0.4, 0.5) is 4.79 Å². The van der Waals surface area contributed by atoms with E-state index in [1.165, 1.54) is 0 Å². The molecular formula is C15H16N4O6S. The van der Waals surface area contributed by atoms with E-state index < -0.39 is 38.3 Å². The third-order valence-corrected chi connectivity index (χ3v) is 5.62. The molecule has 1 fully saturated rings. The largest absolute Gasteiger partial charge is 0.445 e. The zero-order chi connectivity index (χ0) is 18.7. The van der Waals surface area contributed by atoms with Gasteiger partial charge >= 0.3 is 11.8 Å². The number of carbonyl (C=O) groups excluding carboxylic acids is 1. The second kappa shape index (κ2) is 7.14. The molecule has 3 rings (SSSR count). The smallest absolute Gasteiger partial charge is 0.407 e. The molecule has 26 heavy (non-hydrogen) atoms. The van der Waals surface area contributed by atoms with Gasteiger partial charge in [-0.25, -0.2) is 18.0 Å². The number of ether oxygens (including phenoxy) is 1. The zero-order valence-electron chi connectivity index (χ0n) is 13.5. The lowest BCUT2D eigenvalue weighted by molar-refractivity contribution is 0.123. The summed E-state index contributed by atoms with van der Waals surface area (Å²) in [6.45, 7) is 0.108. The van der Waals surface area contributed by atoms with Gasteiger partial charge in [0.1, 0.15) is 6.61 Å². The molecule has 1 aromatic heterocycles. The number of hydrogen-bond acceptors (Lipinski definition) is 6. The van der Waals surface area contributed by atoms with Crippen molar-refractivity contribution in [3.63, 3.8) is 0 Å². The number of alkyl carbamates (subject to hydrolysis) is 1. The summed E-state index contributed by atoms with van der Waals surface area (Å²) in [5.74, 6) is 0. The Labute approximate surface area is 147 Å². The van der Waals surface area contributed by atoms with Gasteiger partial charge in [-0.05, 0) is 5.56 Å². The second-order valence-electron chi connectivity index (χ2n) is 5.66. The fourth-order valence-electron chi connectivity index (χ4n) is 2.39. The first kappa shape index (κ1) is 17.9. The summed E-state index contributed by atoms with van der Waals surface area (Å²) in [5, 5.41) is 2.55. The van der Waals surface area contributed by atoms with Crippen LogP contribution in [-0.4, -0.2) is 47.9 Å². The first-order valence-electron chi connectivity index (χ1n) is 7.65. The molecule has 0 radical (unpaired) electrons. The van der Waals surface area contributed by atoms with Crippen LogP contribution in [0, 0.1) is 0 Å². The summed E-state index contributed by atoms with van der Waals surface area (Å²) >= 11 is 0. The first-order valence-corrected chi connectivity index (χ1v) is 9.09. The molecule has 1 amide bonds. The Bertz CT molecular complexity index is 1010. The predicted octanol–water partition coefficient (Wildman–Crippen LogP) is -0.637. The maximum absolute atomic E-state index is 12.3. The van der Waals surface area contributed by atoms with Gasteiger partial charge in [-0.15, -0.1) is 0 Å². The van der Waals surface area contributed by atoms with Crippen LogP contribution in [0.3, 0.4) is 0 Å². The number of aromatic amines is 2. The molecule has 138 valence electrons. The van der Waals surface area contributed by atoms with Crippen LogP contribution in [0.1, 0.15) is 5.56 Å². The fraction of sp³-hybridized carbons (Fsp3) is 0.267. The molecule has 0 atom stereocenters. The lowest BCUT2D eigenvalue weighted by atomic mass is 10.2. The molecule has 0 aliphatic carbocycles. The molecule has 1 aliphatic rings. The minimum absolute atomic E-state index is 0.00133. The van der Waals surface area contributed by atoms with Crippen molar-refractivity contribution in [2.75, 3.05) is 13.1 Å². The molecular weight excluding hydrogens is 364 g/mol. The summed E-state index contributed by atoms with van der Waals surface area (Å²) in [5.41, 5.74) is -0.955. The maximum atomic E-state index is 12.3. The van der Waals surface area contributed by atoms with Crippen LogP contribution >= 0.6 is 0 Å². The van der Waals surface area contributed by atoms with Gasteiger partial charge in [0, 0.05) is 19.3 Å². The summed E-state index contributed by atoms with van der Waals surface area (Å²) in [4.78, 5) is 37.8. The molecule has 3 N–H and O–H groups in total. The quantitative estimate of drug-likeness (QED) is 0.630. The number of rotatable bonds is 5.